The molecule has 3 aromatic carbocycles. The Balaban J connectivity index is 1.82. The number of hydrogen-bond acceptors (Lipinski definition) is 6. The van der Waals surface area contributed by atoms with Gasteiger partial charge in [-0.1, -0.05) is 77.5 Å². The van der Waals surface area contributed by atoms with E-state index < -0.39 is 6.09 Å². The van der Waals surface area contributed by atoms with Crippen LogP contribution in [-0.2, 0) is 4.74 Å². The number of para-hydroxylation sites is 2. The van der Waals surface area contributed by atoms with E-state index in [1.165, 1.54) is 15.9 Å². The molecule has 0 radical (unpaired) electrons. The standard InChI is InChI=1S/C26H19ClN4O3S/c1-2-34-26(33)30-25-29-21(16-10-4-3-5-11-16)22(35-25)23-28-19-14-8-6-12-17(19)24(32)31(23)20-15-9-7-13-18(20)27/h3-15H,2H2,1H3,(H,29,30,33). The van der Waals surface area contributed by atoms with Crippen LogP contribution in [0.2, 0.25) is 5.02 Å². The number of amides is 1. The second-order valence-corrected chi connectivity index (χ2v) is 8.86. The number of ether oxygens (including phenoxy) is 1. The lowest BCUT2D eigenvalue weighted by atomic mass is 10.1. The Morgan fingerprint density at radius 1 is 1.00 bits per heavy atom. The molecular weight excluding hydrogens is 484 g/mol. The molecule has 5 rings (SSSR count). The molecule has 0 spiro atoms. The van der Waals surface area contributed by atoms with E-state index in [4.69, 9.17) is 21.3 Å². The fourth-order valence-corrected chi connectivity index (χ4v) is 4.89. The Kier molecular flexibility index (Phi) is 6.31. The van der Waals surface area contributed by atoms with E-state index in [0.717, 1.165) is 5.56 Å². The number of anilines is 1. The van der Waals surface area contributed by atoms with Gasteiger partial charge in [-0.15, -0.1) is 0 Å². The van der Waals surface area contributed by atoms with Crippen molar-refractivity contribution >= 4 is 45.1 Å². The van der Waals surface area contributed by atoms with Crippen molar-refractivity contribution in [2.45, 2.75) is 6.92 Å². The number of aromatic nitrogens is 3. The zero-order chi connectivity index (χ0) is 24.4. The summed E-state index contributed by atoms with van der Waals surface area (Å²) in [5.41, 5.74) is 2.17. The van der Waals surface area contributed by atoms with Crippen molar-refractivity contribution in [3.05, 3.63) is 94.2 Å². The van der Waals surface area contributed by atoms with Crippen molar-refractivity contribution in [3.8, 4) is 27.6 Å². The molecule has 1 amide bonds. The Morgan fingerprint density at radius 3 is 2.49 bits per heavy atom. The van der Waals surface area contributed by atoms with Gasteiger partial charge in [-0.25, -0.2) is 14.8 Å². The number of nitrogens with zero attached hydrogens (tertiary/aromatic N) is 3. The summed E-state index contributed by atoms with van der Waals surface area (Å²) in [6.07, 6.45) is -0.609. The van der Waals surface area contributed by atoms with Crippen LogP contribution in [0.15, 0.2) is 83.7 Å². The smallest absolute Gasteiger partial charge is 0.413 e. The molecule has 0 aliphatic rings. The summed E-state index contributed by atoms with van der Waals surface area (Å²) in [5.74, 6) is 0.370. The van der Waals surface area contributed by atoms with Crippen molar-refractivity contribution in [2.24, 2.45) is 0 Å². The first-order chi connectivity index (χ1) is 17.1. The van der Waals surface area contributed by atoms with Crippen LogP contribution in [0.4, 0.5) is 9.93 Å². The minimum atomic E-state index is -0.609. The SMILES string of the molecule is CCOC(=O)Nc1nc(-c2ccccc2)c(-c2nc3ccccc3c(=O)n2-c2ccccc2Cl)s1. The first kappa shape index (κ1) is 22.8. The highest BCUT2D eigenvalue weighted by molar-refractivity contribution is 7.19. The van der Waals surface area contributed by atoms with Gasteiger partial charge in [0, 0.05) is 5.56 Å². The van der Waals surface area contributed by atoms with Crippen LogP contribution in [-0.4, -0.2) is 27.2 Å². The van der Waals surface area contributed by atoms with Gasteiger partial charge in [0.05, 0.1) is 33.9 Å². The first-order valence-corrected chi connectivity index (χ1v) is 12.0. The maximum atomic E-state index is 13.8. The summed E-state index contributed by atoms with van der Waals surface area (Å²) in [7, 11) is 0. The highest BCUT2D eigenvalue weighted by Gasteiger charge is 2.23. The number of thiazole rings is 1. The van der Waals surface area contributed by atoms with Crippen molar-refractivity contribution < 1.29 is 9.53 Å². The third-order valence-corrected chi connectivity index (χ3v) is 6.52. The van der Waals surface area contributed by atoms with E-state index in [-0.39, 0.29) is 12.2 Å². The zero-order valence-electron chi connectivity index (χ0n) is 18.6. The predicted octanol–water partition coefficient (Wildman–Crippen LogP) is 6.40. The molecule has 0 aliphatic heterocycles. The molecule has 0 unspecified atom stereocenters. The van der Waals surface area contributed by atoms with E-state index >= 15 is 0 Å². The van der Waals surface area contributed by atoms with Gasteiger partial charge in [-0.05, 0) is 31.2 Å². The molecule has 2 heterocycles. The third-order valence-electron chi connectivity index (χ3n) is 5.23. The molecule has 1 N–H and O–H groups in total. The summed E-state index contributed by atoms with van der Waals surface area (Å²) in [6.45, 7) is 1.96. The van der Waals surface area contributed by atoms with E-state index in [9.17, 15) is 9.59 Å². The lowest BCUT2D eigenvalue weighted by Crippen LogP contribution is -2.22. The number of carbonyl (C=O) groups excluding carboxylic acids is 1. The predicted molar refractivity (Wildman–Crippen MR) is 140 cm³/mol. The van der Waals surface area contributed by atoms with Crippen molar-refractivity contribution in [2.75, 3.05) is 11.9 Å². The maximum absolute atomic E-state index is 13.8. The van der Waals surface area contributed by atoms with Gasteiger partial charge in [0.15, 0.2) is 11.0 Å². The summed E-state index contributed by atoms with van der Waals surface area (Å²) in [6, 6.07) is 23.8. The monoisotopic (exact) mass is 502 g/mol. The van der Waals surface area contributed by atoms with Crippen LogP contribution in [0.25, 0.3) is 38.5 Å². The largest absolute Gasteiger partial charge is 0.450 e. The normalized spacial score (nSPS) is 10.9. The van der Waals surface area contributed by atoms with E-state index in [0.29, 0.717) is 43.1 Å². The molecule has 0 aliphatic carbocycles. The minimum absolute atomic E-state index is 0.230. The Morgan fingerprint density at radius 2 is 1.71 bits per heavy atom. The Bertz CT molecular complexity index is 1600. The molecule has 0 atom stereocenters. The molecule has 0 fully saturated rings. The van der Waals surface area contributed by atoms with Crippen LogP contribution >= 0.6 is 22.9 Å². The molecule has 5 aromatic rings. The van der Waals surface area contributed by atoms with Gasteiger partial charge in [0.1, 0.15) is 4.88 Å². The second kappa shape index (κ2) is 9.69. The zero-order valence-corrected chi connectivity index (χ0v) is 20.1. The minimum Gasteiger partial charge on any atom is -0.450 e. The number of rotatable bonds is 5. The molecular formula is C26H19ClN4O3S. The molecule has 174 valence electrons. The van der Waals surface area contributed by atoms with Gasteiger partial charge in [0.2, 0.25) is 0 Å². The average molecular weight is 503 g/mol. The van der Waals surface area contributed by atoms with E-state index in [1.54, 1.807) is 43.3 Å². The van der Waals surface area contributed by atoms with Crippen molar-refractivity contribution in [3.63, 3.8) is 0 Å². The van der Waals surface area contributed by atoms with Crippen LogP contribution < -0.4 is 10.9 Å². The molecule has 35 heavy (non-hydrogen) atoms. The molecule has 0 saturated heterocycles. The molecule has 0 saturated carbocycles. The fraction of sp³-hybridized carbons (Fsp3) is 0.0769. The van der Waals surface area contributed by atoms with Crippen molar-refractivity contribution in [1.29, 1.82) is 0 Å². The summed E-state index contributed by atoms with van der Waals surface area (Å²) >= 11 is 7.74. The van der Waals surface area contributed by atoms with Crippen LogP contribution in [0, 0.1) is 0 Å². The topological polar surface area (TPSA) is 86.1 Å². The highest BCUT2D eigenvalue weighted by atomic mass is 35.5. The third kappa shape index (κ3) is 4.41. The number of benzene rings is 3. The first-order valence-electron chi connectivity index (χ1n) is 10.8. The Hall–Kier alpha value is -4.01. The van der Waals surface area contributed by atoms with Gasteiger partial charge in [0.25, 0.3) is 5.56 Å². The van der Waals surface area contributed by atoms with Crippen LogP contribution in [0.1, 0.15) is 6.92 Å². The number of nitrogens with one attached hydrogen (secondary N) is 1. The fourth-order valence-electron chi connectivity index (χ4n) is 3.71. The van der Waals surface area contributed by atoms with Gasteiger partial charge in [-0.3, -0.25) is 14.7 Å². The van der Waals surface area contributed by atoms with Gasteiger partial charge >= 0.3 is 6.09 Å². The summed E-state index contributed by atoms with van der Waals surface area (Å²) < 4.78 is 6.52. The van der Waals surface area contributed by atoms with E-state index in [1.807, 2.05) is 42.5 Å². The van der Waals surface area contributed by atoms with Crippen LogP contribution in [0.5, 0.6) is 0 Å². The van der Waals surface area contributed by atoms with Crippen molar-refractivity contribution in [1.82, 2.24) is 14.5 Å². The molecule has 0 bridgehead atoms. The lowest BCUT2D eigenvalue weighted by Gasteiger charge is -2.14. The maximum Gasteiger partial charge on any atom is 0.413 e. The summed E-state index contributed by atoms with van der Waals surface area (Å²) in [4.78, 5) is 36.0. The highest BCUT2D eigenvalue weighted by Crippen LogP contribution is 2.39. The average Bonchev–Trinajstić information content (AvgIpc) is 3.29. The van der Waals surface area contributed by atoms with Crippen LogP contribution in [0.3, 0.4) is 0 Å². The quantitative estimate of drug-likeness (QED) is 0.300. The molecule has 7 nitrogen and oxygen atoms in total. The molecule has 9 heteroatoms. The number of fused-ring (bicyclic) bond motifs is 1. The van der Waals surface area contributed by atoms with Gasteiger partial charge in [-0.2, -0.15) is 0 Å². The van der Waals surface area contributed by atoms with E-state index in [2.05, 4.69) is 10.3 Å². The lowest BCUT2D eigenvalue weighted by molar-refractivity contribution is 0.168. The second-order valence-electron chi connectivity index (χ2n) is 7.45. The molecule has 2 aromatic heterocycles. The number of carbonyl (C=O) groups is 1. The Labute approximate surface area is 209 Å². The number of halogens is 1. The van der Waals surface area contributed by atoms with Gasteiger partial charge < -0.3 is 4.74 Å². The number of hydrogen-bond donors (Lipinski definition) is 1. The summed E-state index contributed by atoms with van der Waals surface area (Å²) in [5, 5.41) is 3.87.